The molecule has 2 N–H and O–H groups in total. The van der Waals surface area contributed by atoms with Crippen LogP contribution in [0, 0.1) is 0 Å². The van der Waals surface area contributed by atoms with Crippen LogP contribution >= 0.6 is 0 Å². The van der Waals surface area contributed by atoms with Crippen LogP contribution in [0.5, 0.6) is 0 Å². The average Bonchev–Trinajstić information content (AvgIpc) is 3.72. The van der Waals surface area contributed by atoms with E-state index in [1.54, 1.807) is 12.1 Å². The molecule has 38 heavy (non-hydrogen) atoms. The van der Waals surface area contributed by atoms with Crippen molar-refractivity contribution in [3.05, 3.63) is 108 Å². The Balaban J connectivity index is 1.13. The molecule has 0 radical (unpaired) electrons. The van der Waals surface area contributed by atoms with E-state index in [2.05, 4.69) is 41.2 Å². The zero-order chi connectivity index (χ0) is 25.7. The molecule has 6 rings (SSSR count). The second kappa shape index (κ2) is 10.2. The SMILES string of the molecule is O=C(OCc1ccc(-c2ccccc2-c2nn[nH]n2)cc1)c1ccc(-c2ccccc2-c2nn[nH]n2)cc1. The van der Waals surface area contributed by atoms with E-state index >= 15 is 0 Å². The van der Waals surface area contributed by atoms with Crippen LogP contribution in [0.15, 0.2) is 97.1 Å². The lowest BCUT2D eigenvalue weighted by Crippen LogP contribution is -2.05. The maximum atomic E-state index is 12.7. The summed E-state index contributed by atoms with van der Waals surface area (Å²) in [5, 5.41) is 28.6. The molecule has 184 valence electrons. The predicted molar refractivity (Wildman–Crippen MR) is 139 cm³/mol. The number of aromatic nitrogens is 8. The first-order chi connectivity index (χ1) is 18.8. The molecule has 0 bridgehead atoms. The van der Waals surface area contributed by atoms with Crippen LogP contribution in [0.1, 0.15) is 15.9 Å². The highest BCUT2D eigenvalue weighted by Crippen LogP contribution is 2.31. The summed E-state index contributed by atoms with van der Waals surface area (Å²) in [4.78, 5) is 12.7. The Labute approximate surface area is 216 Å². The van der Waals surface area contributed by atoms with Crippen LogP contribution in [0.4, 0.5) is 0 Å². The monoisotopic (exact) mass is 500 g/mol. The molecule has 0 aliphatic heterocycles. The number of benzene rings is 4. The lowest BCUT2D eigenvalue weighted by atomic mass is 9.98. The molecular formula is C28H20N8O2. The Kier molecular flexibility index (Phi) is 6.17. The number of aromatic amines is 2. The third-order valence-corrected chi connectivity index (χ3v) is 6.09. The Bertz CT molecular complexity index is 1660. The number of nitrogens with one attached hydrogen (secondary N) is 2. The van der Waals surface area contributed by atoms with Crippen molar-refractivity contribution in [2.45, 2.75) is 6.61 Å². The fraction of sp³-hybridized carbons (Fsp3) is 0.0357. The van der Waals surface area contributed by atoms with Crippen LogP contribution < -0.4 is 0 Å². The van der Waals surface area contributed by atoms with Gasteiger partial charge in [-0.05, 0) is 50.4 Å². The standard InChI is InChI=1S/C28H20N8O2/c37-28(21-15-13-20(14-16-21)23-6-2-4-8-25(23)27-31-35-36-32-27)38-17-18-9-11-19(12-10-18)22-5-1-3-7-24(22)26-29-33-34-30-26/h1-16H,17H2,(H,29,30,33,34)(H,31,32,35,36). The maximum Gasteiger partial charge on any atom is 0.338 e. The highest BCUT2D eigenvalue weighted by Gasteiger charge is 2.13. The Morgan fingerprint density at radius 1 is 0.605 bits per heavy atom. The normalized spacial score (nSPS) is 10.8. The zero-order valence-corrected chi connectivity index (χ0v) is 19.9. The number of nitrogens with zero attached hydrogens (tertiary/aromatic N) is 6. The Hall–Kier alpha value is -5.51. The van der Waals surface area contributed by atoms with Crippen molar-refractivity contribution in [3.8, 4) is 45.0 Å². The van der Waals surface area contributed by atoms with Crippen molar-refractivity contribution < 1.29 is 9.53 Å². The minimum atomic E-state index is -0.394. The summed E-state index contributed by atoms with van der Waals surface area (Å²) in [6, 6.07) is 30.7. The molecule has 10 nitrogen and oxygen atoms in total. The molecule has 2 aromatic heterocycles. The molecule has 2 heterocycles. The van der Waals surface area contributed by atoms with Crippen LogP contribution in [0.2, 0.25) is 0 Å². The molecule has 10 heteroatoms. The van der Waals surface area contributed by atoms with E-state index in [-0.39, 0.29) is 6.61 Å². The number of esters is 1. The van der Waals surface area contributed by atoms with E-state index in [1.165, 1.54) is 0 Å². The van der Waals surface area contributed by atoms with Gasteiger partial charge in [-0.3, -0.25) is 0 Å². The van der Waals surface area contributed by atoms with E-state index in [4.69, 9.17) is 4.74 Å². The van der Waals surface area contributed by atoms with E-state index in [0.717, 1.165) is 38.9 Å². The smallest absolute Gasteiger partial charge is 0.338 e. The summed E-state index contributed by atoms with van der Waals surface area (Å²) in [7, 11) is 0. The number of ether oxygens (including phenoxy) is 1. The van der Waals surface area contributed by atoms with Gasteiger partial charge < -0.3 is 4.74 Å². The molecule has 6 aromatic rings. The van der Waals surface area contributed by atoms with Crippen molar-refractivity contribution in [1.29, 1.82) is 0 Å². The first-order valence-corrected chi connectivity index (χ1v) is 11.8. The van der Waals surface area contributed by atoms with Crippen LogP contribution in [0.25, 0.3) is 45.0 Å². The molecule has 4 aromatic carbocycles. The summed E-state index contributed by atoms with van der Waals surface area (Å²) in [5.74, 6) is 0.644. The quantitative estimate of drug-likeness (QED) is 0.300. The number of hydrogen-bond acceptors (Lipinski definition) is 8. The number of tetrazole rings is 2. The van der Waals surface area contributed by atoms with Gasteiger partial charge in [0.1, 0.15) is 6.61 Å². The molecule has 0 saturated carbocycles. The first kappa shape index (κ1) is 22.9. The molecule has 0 amide bonds. The number of hydrogen-bond donors (Lipinski definition) is 2. The summed E-state index contributed by atoms with van der Waals surface area (Å²) in [6.45, 7) is 0.161. The largest absolute Gasteiger partial charge is 0.457 e. The van der Waals surface area contributed by atoms with Gasteiger partial charge in [-0.25, -0.2) is 4.79 Å². The van der Waals surface area contributed by atoms with Gasteiger partial charge >= 0.3 is 5.97 Å². The third-order valence-electron chi connectivity index (χ3n) is 6.09. The molecule has 0 saturated heterocycles. The highest BCUT2D eigenvalue weighted by atomic mass is 16.5. The van der Waals surface area contributed by atoms with Crippen LogP contribution in [0.3, 0.4) is 0 Å². The van der Waals surface area contributed by atoms with Gasteiger partial charge in [0.2, 0.25) is 11.6 Å². The maximum absolute atomic E-state index is 12.7. The highest BCUT2D eigenvalue weighted by molar-refractivity contribution is 5.91. The predicted octanol–water partition coefficient (Wildman–Crippen LogP) is 4.74. The Morgan fingerprint density at radius 2 is 1.08 bits per heavy atom. The molecule has 0 aliphatic rings. The van der Waals surface area contributed by atoms with E-state index in [0.29, 0.717) is 17.2 Å². The summed E-state index contributed by atoms with van der Waals surface area (Å²) in [5.41, 5.74) is 6.93. The third kappa shape index (κ3) is 4.65. The second-order valence-electron chi connectivity index (χ2n) is 8.41. The van der Waals surface area contributed by atoms with E-state index in [1.807, 2.05) is 84.9 Å². The van der Waals surface area contributed by atoms with Gasteiger partial charge in [-0.1, -0.05) is 84.9 Å². The number of carbonyl (C=O) groups excluding carboxylic acids is 1. The van der Waals surface area contributed by atoms with Gasteiger partial charge in [0, 0.05) is 11.1 Å². The van der Waals surface area contributed by atoms with Gasteiger partial charge in [-0.2, -0.15) is 10.4 Å². The minimum Gasteiger partial charge on any atom is -0.457 e. The topological polar surface area (TPSA) is 135 Å². The van der Waals surface area contributed by atoms with Crippen molar-refractivity contribution in [1.82, 2.24) is 41.2 Å². The van der Waals surface area contributed by atoms with Gasteiger partial charge in [0.05, 0.1) is 5.56 Å². The lowest BCUT2D eigenvalue weighted by Gasteiger charge is -2.10. The molecule has 0 aliphatic carbocycles. The second-order valence-corrected chi connectivity index (χ2v) is 8.41. The number of carbonyl (C=O) groups is 1. The zero-order valence-electron chi connectivity index (χ0n) is 19.9. The van der Waals surface area contributed by atoms with Crippen molar-refractivity contribution in [2.24, 2.45) is 0 Å². The van der Waals surface area contributed by atoms with Gasteiger partial charge in [0.15, 0.2) is 0 Å². The van der Waals surface area contributed by atoms with Crippen LogP contribution in [-0.4, -0.2) is 47.2 Å². The summed E-state index contributed by atoms with van der Waals surface area (Å²) >= 11 is 0. The molecular weight excluding hydrogens is 480 g/mol. The lowest BCUT2D eigenvalue weighted by molar-refractivity contribution is 0.0473. The minimum absolute atomic E-state index is 0.161. The summed E-state index contributed by atoms with van der Waals surface area (Å²) in [6.07, 6.45) is 0. The first-order valence-electron chi connectivity index (χ1n) is 11.8. The van der Waals surface area contributed by atoms with Crippen LogP contribution in [-0.2, 0) is 11.3 Å². The summed E-state index contributed by atoms with van der Waals surface area (Å²) < 4.78 is 5.57. The number of rotatable bonds is 7. The van der Waals surface area contributed by atoms with Crippen molar-refractivity contribution in [3.63, 3.8) is 0 Å². The van der Waals surface area contributed by atoms with Crippen molar-refractivity contribution >= 4 is 5.97 Å². The fourth-order valence-corrected chi connectivity index (χ4v) is 4.21. The molecule has 0 atom stereocenters. The average molecular weight is 501 g/mol. The number of H-pyrrole nitrogens is 2. The van der Waals surface area contributed by atoms with Gasteiger partial charge in [0.25, 0.3) is 0 Å². The molecule has 0 spiro atoms. The van der Waals surface area contributed by atoms with Gasteiger partial charge in [-0.15, -0.1) is 20.4 Å². The molecule has 0 fully saturated rings. The fourth-order valence-electron chi connectivity index (χ4n) is 4.21. The van der Waals surface area contributed by atoms with E-state index in [9.17, 15) is 4.79 Å². The Morgan fingerprint density at radius 3 is 1.55 bits per heavy atom. The van der Waals surface area contributed by atoms with Crippen molar-refractivity contribution in [2.75, 3.05) is 0 Å². The van der Waals surface area contributed by atoms with E-state index < -0.39 is 5.97 Å². The molecule has 0 unspecified atom stereocenters.